The van der Waals surface area contributed by atoms with Gasteiger partial charge >= 0.3 is 5.97 Å². The zero-order valence-corrected chi connectivity index (χ0v) is 7.88. The third kappa shape index (κ3) is 1.62. The molecule has 0 aromatic carbocycles. The van der Waals surface area contributed by atoms with Crippen LogP contribution < -0.4 is 0 Å². The smallest absolute Gasteiger partial charge is 0.309 e. The first kappa shape index (κ1) is 9.87. The Bertz CT molecular complexity index is 253. The van der Waals surface area contributed by atoms with Crippen molar-refractivity contribution in [1.82, 2.24) is 0 Å². The van der Waals surface area contributed by atoms with Crippen LogP contribution in [-0.2, 0) is 4.79 Å². The molecule has 0 saturated heterocycles. The molecule has 3 atom stereocenters. The zero-order valence-electron chi connectivity index (χ0n) is 7.88. The van der Waals surface area contributed by atoms with Crippen LogP contribution in [0.25, 0.3) is 0 Å². The summed E-state index contributed by atoms with van der Waals surface area (Å²) in [6.45, 7) is 0. The van der Waals surface area contributed by atoms with E-state index in [0.29, 0.717) is 12.3 Å². The number of carboxylic acid groups (broad SMARTS) is 1. The molecule has 2 fully saturated rings. The minimum atomic E-state index is -2.99. The maximum atomic E-state index is 13.5. The maximum absolute atomic E-state index is 13.5. The predicted molar refractivity (Wildman–Crippen MR) is 46.1 cm³/mol. The zero-order chi connectivity index (χ0) is 10.3. The van der Waals surface area contributed by atoms with Crippen molar-refractivity contribution in [3.63, 3.8) is 0 Å². The Morgan fingerprint density at radius 1 is 1.36 bits per heavy atom. The van der Waals surface area contributed by atoms with Crippen molar-refractivity contribution in [2.45, 2.75) is 38.0 Å². The number of carbonyl (C=O) groups is 1. The van der Waals surface area contributed by atoms with Crippen LogP contribution in [-0.4, -0.2) is 17.0 Å². The summed E-state index contributed by atoms with van der Waals surface area (Å²) in [6, 6.07) is 0. The highest BCUT2D eigenvalue weighted by atomic mass is 19.3. The Morgan fingerprint density at radius 2 is 2.07 bits per heavy atom. The molecule has 80 valence electrons. The van der Waals surface area contributed by atoms with Gasteiger partial charge in [0, 0.05) is 5.92 Å². The van der Waals surface area contributed by atoms with Crippen molar-refractivity contribution in [1.29, 1.82) is 0 Å². The van der Waals surface area contributed by atoms with Crippen molar-refractivity contribution >= 4 is 5.97 Å². The predicted octanol–water partition coefficient (Wildman–Crippen LogP) is 2.53. The molecule has 1 N–H and O–H groups in total. The average molecular weight is 204 g/mol. The first-order chi connectivity index (χ1) is 6.49. The van der Waals surface area contributed by atoms with Gasteiger partial charge in [0.2, 0.25) is 0 Å². The average Bonchev–Trinajstić information content (AvgIpc) is 2.60. The second kappa shape index (κ2) is 3.17. The Kier molecular flexibility index (Phi) is 2.24. The minimum absolute atomic E-state index is 0.0781. The van der Waals surface area contributed by atoms with Crippen molar-refractivity contribution in [2.24, 2.45) is 17.8 Å². The Balaban J connectivity index is 2.03. The van der Waals surface area contributed by atoms with Crippen LogP contribution in [0.2, 0.25) is 0 Å². The van der Waals surface area contributed by atoms with Gasteiger partial charge in [0.1, 0.15) is 6.42 Å². The molecule has 2 nitrogen and oxygen atoms in total. The molecule has 0 aliphatic heterocycles. The Morgan fingerprint density at radius 3 is 2.50 bits per heavy atom. The third-order valence-corrected chi connectivity index (χ3v) is 3.67. The molecule has 2 saturated carbocycles. The molecule has 0 amide bonds. The van der Waals surface area contributed by atoms with Crippen molar-refractivity contribution < 1.29 is 18.7 Å². The summed E-state index contributed by atoms with van der Waals surface area (Å²) in [5.74, 6) is -4.54. The second-order valence-corrected chi connectivity index (χ2v) is 4.61. The summed E-state index contributed by atoms with van der Waals surface area (Å²) in [6.07, 6.45) is 2.35. The van der Waals surface area contributed by atoms with E-state index >= 15 is 0 Å². The molecule has 2 rings (SSSR count). The summed E-state index contributed by atoms with van der Waals surface area (Å²) >= 11 is 0. The van der Waals surface area contributed by atoms with Gasteiger partial charge in [-0.3, -0.25) is 4.79 Å². The molecule has 2 aliphatic rings. The number of hydrogen-bond donors (Lipinski definition) is 1. The third-order valence-electron chi connectivity index (χ3n) is 3.67. The lowest BCUT2D eigenvalue weighted by molar-refractivity contribution is -0.151. The van der Waals surface area contributed by atoms with Gasteiger partial charge in [-0.1, -0.05) is 6.42 Å². The van der Waals surface area contributed by atoms with E-state index in [0.717, 1.165) is 19.3 Å². The van der Waals surface area contributed by atoms with Gasteiger partial charge in [-0.05, 0) is 31.1 Å². The summed E-state index contributed by atoms with van der Waals surface area (Å²) in [5, 5.41) is 8.40. The molecule has 3 unspecified atom stereocenters. The maximum Gasteiger partial charge on any atom is 0.309 e. The SMILES string of the molecule is O=C(O)CC(F)(F)C1CC2CCC1C2. The van der Waals surface area contributed by atoms with Gasteiger partial charge in [-0.15, -0.1) is 0 Å². The normalized spacial score (nSPS) is 36.3. The lowest BCUT2D eigenvalue weighted by Gasteiger charge is -2.29. The quantitative estimate of drug-likeness (QED) is 0.767. The minimum Gasteiger partial charge on any atom is -0.481 e. The molecular formula is C10H14F2O2. The van der Waals surface area contributed by atoms with Crippen LogP contribution in [0.5, 0.6) is 0 Å². The number of aliphatic carboxylic acids is 1. The molecule has 0 radical (unpaired) electrons. The van der Waals surface area contributed by atoms with E-state index in [1.54, 1.807) is 0 Å². The van der Waals surface area contributed by atoms with E-state index < -0.39 is 24.2 Å². The van der Waals surface area contributed by atoms with Crippen LogP contribution in [0.4, 0.5) is 8.78 Å². The summed E-state index contributed by atoms with van der Waals surface area (Å²) in [4.78, 5) is 10.3. The molecule has 0 aromatic rings. The fraction of sp³-hybridized carbons (Fsp3) is 0.900. The molecule has 0 heterocycles. The molecule has 14 heavy (non-hydrogen) atoms. The van der Waals surface area contributed by atoms with Gasteiger partial charge in [0.25, 0.3) is 5.92 Å². The number of halogens is 2. The molecular weight excluding hydrogens is 190 g/mol. The van der Waals surface area contributed by atoms with Gasteiger partial charge < -0.3 is 5.11 Å². The van der Waals surface area contributed by atoms with Gasteiger partial charge in [-0.2, -0.15) is 0 Å². The van der Waals surface area contributed by atoms with Gasteiger partial charge in [-0.25, -0.2) is 8.78 Å². The van der Waals surface area contributed by atoms with Crippen molar-refractivity contribution in [3.8, 4) is 0 Å². The summed E-state index contributed by atoms with van der Waals surface area (Å²) in [5.41, 5.74) is 0. The van der Waals surface area contributed by atoms with E-state index in [1.807, 2.05) is 0 Å². The number of fused-ring (bicyclic) bond motifs is 2. The van der Waals surface area contributed by atoms with Crippen molar-refractivity contribution in [2.75, 3.05) is 0 Å². The topological polar surface area (TPSA) is 37.3 Å². The lowest BCUT2D eigenvalue weighted by Crippen LogP contribution is -2.34. The van der Waals surface area contributed by atoms with E-state index in [4.69, 9.17) is 5.11 Å². The van der Waals surface area contributed by atoms with E-state index in [1.165, 1.54) is 0 Å². The van der Waals surface area contributed by atoms with Crippen LogP contribution >= 0.6 is 0 Å². The molecule has 0 spiro atoms. The summed E-state index contributed by atoms with van der Waals surface area (Å²) in [7, 11) is 0. The fourth-order valence-electron chi connectivity index (χ4n) is 3.09. The van der Waals surface area contributed by atoms with Crippen LogP contribution in [0.15, 0.2) is 0 Å². The van der Waals surface area contributed by atoms with Crippen LogP contribution in [0.3, 0.4) is 0 Å². The fourth-order valence-corrected chi connectivity index (χ4v) is 3.09. The molecule has 4 heteroatoms. The summed E-state index contributed by atoms with van der Waals surface area (Å²) < 4.78 is 26.9. The van der Waals surface area contributed by atoms with Crippen molar-refractivity contribution in [3.05, 3.63) is 0 Å². The second-order valence-electron chi connectivity index (χ2n) is 4.61. The Hall–Kier alpha value is -0.670. The number of hydrogen-bond acceptors (Lipinski definition) is 1. The van der Waals surface area contributed by atoms with Crippen LogP contribution in [0.1, 0.15) is 32.1 Å². The molecule has 0 aromatic heterocycles. The van der Waals surface area contributed by atoms with Gasteiger partial charge in [0.15, 0.2) is 0 Å². The largest absolute Gasteiger partial charge is 0.481 e. The number of rotatable bonds is 3. The van der Waals surface area contributed by atoms with E-state index in [9.17, 15) is 13.6 Å². The number of carboxylic acids is 1. The van der Waals surface area contributed by atoms with E-state index in [-0.39, 0.29) is 5.92 Å². The van der Waals surface area contributed by atoms with Crippen LogP contribution in [0, 0.1) is 17.8 Å². The lowest BCUT2D eigenvalue weighted by atomic mass is 9.83. The van der Waals surface area contributed by atoms with E-state index in [2.05, 4.69) is 0 Å². The Labute approximate surface area is 81.3 Å². The first-order valence-electron chi connectivity index (χ1n) is 5.08. The highest BCUT2D eigenvalue weighted by Gasteiger charge is 2.52. The standard InChI is InChI=1S/C10H14F2O2/c11-10(12,5-9(13)14)8-4-6-1-2-7(8)3-6/h6-8H,1-5H2,(H,13,14). The highest BCUT2D eigenvalue weighted by Crippen LogP contribution is 2.54. The van der Waals surface area contributed by atoms with Gasteiger partial charge in [0.05, 0.1) is 0 Å². The molecule has 2 aliphatic carbocycles. The first-order valence-corrected chi connectivity index (χ1v) is 5.08. The number of alkyl halides is 2. The highest BCUT2D eigenvalue weighted by molar-refractivity contribution is 5.67. The molecule has 2 bridgehead atoms. The monoisotopic (exact) mass is 204 g/mol.